The number of Topliss-reactive ketones (excluding diaryl/α,β-unsaturated/α-hetero) is 1. The number of halogens is 3. The van der Waals surface area contributed by atoms with E-state index in [1.807, 2.05) is 6.92 Å². The number of rotatable bonds is 6. The van der Waals surface area contributed by atoms with E-state index in [4.69, 9.17) is 4.84 Å². The molecule has 0 bridgehead atoms. The second kappa shape index (κ2) is 7.12. The van der Waals surface area contributed by atoms with E-state index in [1.54, 1.807) is 13.1 Å². The quantitative estimate of drug-likeness (QED) is 0.448. The first-order valence-corrected chi connectivity index (χ1v) is 8.16. The van der Waals surface area contributed by atoms with E-state index >= 15 is 0 Å². The van der Waals surface area contributed by atoms with Gasteiger partial charge in [-0.1, -0.05) is 6.92 Å². The van der Waals surface area contributed by atoms with Crippen molar-refractivity contribution in [2.24, 2.45) is 7.05 Å². The smallest absolute Gasteiger partial charge is 0.323 e. The zero-order valence-corrected chi connectivity index (χ0v) is 14.6. The van der Waals surface area contributed by atoms with Crippen LogP contribution in [-0.4, -0.2) is 46.9 Å². The molecule has 9 heteroatoms. The Morgan fingerprint density at radius 2 is 2.08 bits per heavy atom. The van der Waals surface area contributed by atoms with Crippen LogP contribution < -0.4 is 0 Å². The number of alkyl halides is 3. The molecule has 2 aromatic rings. The number of benzene rings is 1. The molecule has 0 atom stereocenters. The van der Waals surface area contributed by atoms with E-state index in [2.05, 4.69) is 4.98 Å². The van der Waals surface area contributed by atoms with Crippen LogP contribution in [0.1, 0.15) is 23.1 Å². The third-order valence-corrected chi connectivity index (χ3v) is 4.45. The molecule has 132 valence electrons. The van der Waals surface area contributed by atoms with Gasteiger partial charge < -0.3 is 9.40 Å². The van der Waals surface area contributed by atoms with Crippen molar-refractivity contribution in [3.63, 3.8) is 0 Å². The Balaban J connectivity index is 2.58. The normalized spacial score (nSPS) is 12.3. The molecule has 5 nitrogen and oxygen atoms in total. The third kappa shape index (κ3) is 3.73. The van der Waals surface area contributed by atoms with Crippen LogP contribution in [0, 0.1) is 0 Å². The predicted octanol–water partition coefficient (Wildman–Crippen LogP) is 3.38. The maximum atomic E-state index is 13.0. The number of hydrogen-bond acceptors (Lipinski definition) is 5. The van der Waals surface area contributed by atoms with E-state index in [-0.39, 0.29) is 17.8 Å². The van der Waals surface area contributed by atoms with Gasteiger partial charge in [0.2, 0.25) is 5.82 Å². The molecule has 0 saturated carbocycles. The summed E-state index contributed by atoms with van der Waals surface area (Å²) in [7, 11) is 4.36. The maximum Gasteiger partial charge on any atom is 0.449 e. The lowest BCUT2D eigenvalue weighted by atomic mass is 10.1. The van der Waals surface area contributed by atoms with Crippen LogP contribution in [0.4, 0.5) is 13.2 Å². The average molecular weight is 361 g/mol. The Labute approximate surface area is 141 Å². The molecular formula is C15H18F3N3O2S. The zero-order valence-electron chi connectivity index (χ0n) is 13.8. The molecule has 0 saturated heterocycles. The van der Waals surface area contributed by atoms with Crippen LogP contribution in [0.2, 0.25) is 0 Å². The van der Waals surface area contributed by atoms with Crippen LogP contribution in [0.5, 0.6) is 0 Å². The van der Waals surface area contributed by atoms with Gasteiger partial charge in [-0.05, 0) is 17.9 Å². The minimum Gasteiger partial charge on any atom is -0.323 e. The Kier molecular flexibility index (Phi) is 5.56. The molecule has 0 radical (unpaired) electrons. The first-order valence-electron chi connectivity index (χ1n) is 7.18. The Bertz CT molecular complexity index is 758. The molecule has 0 aliphatic rings. The van der Waals surface area contributed by atoms with Gasteiger partial charge in [0.05, 0.1) is 24.7 Å². The number of likely N-dealkylation sites (N-methyl/N-ethyl adjacent to an activating group) is 1. The summed E-state index contributed by atoms with van der Waals surface area (Å²) < 4.78 is 40.1. The van der Waals surface area contributed by atoms with Gasteiger partial charge in [0.15, 0.2) is 5.78 Å². The molecule has 24 heavy (non-hydrogen) atoms. The van der Waals surface area contributed by atoms with Crippen molar-refractivity contribution in [2.45, 2.75) is 18.0 Å². The van der Waals surface area contributed by atoms with Gasteiger partial charge in [0, 0.05) is 24.6 Å². The number of ketones is 1. The molecule has 0 fully saturated rings. The van der Waals surface area contributed by atoms with Gasteiger partial charge in [0.1, 0.15) is 0 Å². The summed E-state index contributed by atoms with van der Waals surface area (Å²) in [5, 5.41) is 1.35. The molecule has 1 aromatic heterocycles. The summed E-state index contributed by atoms with van der Waals surface area (Å²) in [6.07, 6.45) is -4.55. The second-order valence-electron chi connectivity index (χ2n) is 5.15. The number of carbonyl (C=O) groups excluding carboxylic acids is 1. The summed E-state index contributed by atoms with van der Waals surface area (Å²) in [6.45, 7) is 1.91. The Morgan fingerprint density at radius 3 is 2.62 bits per heavy atom. The number of fused-ring (bicyclic) bond motifs is 1. The van der Waals surface area contributed by atoms with E-state index < -0.39 is 12.0 Å². The zero-order chi connectivity index (χ0) is 18.1. The van der Waals surface area contributed by atoms with Gasteiger partial charge in [-0.3, -0.25) is 4.79 Å². The van der Waals surface area contributed by atoms with Crippen molar-refractivity contribution in [1.82, 2.24) is 14.6 Å². The first-order chi connectivity index (χ1) is 11.2. The number of aryl methyl sites for hydroxylation is 1. The number of thioether (sulfide) groups is 1. The molecule has 1 heterocycles. The number of aromatic nitrogens is 2. The predicted molar refractivity (Wildman–Crippen MR) is 86.1 cm³/mol. The fraction of sp³-hybridized carbons (Fsp3) is 0.467. The summed E-state index contributed by atoms with van der Waals surface area (Å²) >= 11 is 1.40. The summed E-state index contributed by atoms with van der Waals surface area (Å²) in [5.74, 6) is -0.532. The molecule has 0 spiro atoms. The van der Waals surface area contributed by atoms with E-state index in [9.17, 15) is 18.0 Å². The Morgan fingerprint density at radius 1 is 1.42 bits per heavy atom. The highest BCUT2D eigenvalue weighted by Gasteiger charge is 2.37. The van der Waals surface area contributed by atoms with E-state index in [0.29, 0.717) is 21.7 Å². The van der Waals surface area contributed by atoms with E-state index in [0.717, 1.165) is 4.57 Å². The lowest BCUT2D eigenvalue weighted by Gasteiger charge is -2.14. The molecule has 1 aromatic carbocycles. The summed E-state index contributed by atoms with van der Waals surface area (Å²) in [4.78, 5) is 21.7. The van der Waals surface area contributed by atoms with Crippen LogP contribution in [-0.2, 0) is 18.1 Å². The lowest BCUT2D eigenvalue weighted by molar-refractivity contribution is -0.146. The van der Waals surface area contributed by atoms with Crippen molar-refractivity contribution >= 4 is 28.6 Å². The van der Waals surface area contributed by atoms with Gasteiger partial charge in [-0.2, -0.15) is 18.2 Å². The van der Waals surface area contributed by atoms with Crippen molar-refractivity contribution in [1.29, 1.82) is 0 Å². The highest BCUT2D eigenvalue weighted by Crippen LogP contribution is 2.34. The number of carbonyl (C=O) groups is 1. The second-order valence-corrected chi connectivity index (χ2v) is 6.46. The van der Waals surface area contributed by atoms with Crippen LogP contribution >= 0.6 is 11.8 Å². The fourth-order valence-electron chi connectivity index (χ4n) is 2.32. The maximum absolute atomic E-state index is 13.0. The SMILES string of the molecule is CCSc1cc2c(cc1C(=O)CN(C)OC)nc(C(F)(F)F)n2C. The topological polar surface area (TPSA) is 47.4 Å². The minimum atomic E-state index is -4.55. The van der Waals surface area contributed by atoms with Crippen molar-refractivity contribution in [2.75, 3.05) is 26.5 Å². The van der Waals surface area contributed by atoms with Gasteiger partial charge in [-0.25, -0.2) is 4.98 Å². The van der Waals surface area contributed by atoms with Crippen LogP contribution in [0.3, 0.4) is 0 Å². The molecule has 0 aliphatic carbocycles. The monoisotopic (exact) mass is 361 g/mol. The summed E-state index contributed by atoms with van der Waals surface area (Å²) in [6, 6.07) is 3.01. The number of imidazole rings is 1. The molecule has 0 aliphatic heterocycles. The lowest BCUT2D eigenvalue weighted by Crippen LogP contribution is -2.25. The minimum absolute atomic E-state index is 0.00174. The summed E-state index contributed by atoms with van der Waals surface area (Å²) in [5.41, 5.74) is 0.841. The Hall–Kier alpha value is -1.58. The highest BCUT2D eigenvalue weighted by atomic mass is 32.2. The molecule has 2 rings (SSSR count). The first kappa shape index (κ1) is 18.8. The van der Waals surface area contributed by atoms with Gasteiger partial charge in [0.25, 0.3) is 0 Å². The number of hydroxylamine groups is 2. The molecule has 0 unspecified atom stereocenters. The molecular weight excluding hydrogens is 343 g/mol. The number of hydrogen-bond donors (Lipinski definition) is 0. The largest absolute Gasteiger partial charge is 0.449 e. The van der Waals surface area contributed by atoms with Crippen molar-refractivity contribution in [3.8, 4) is 0 Å². The average Bonchev–Trinajstić information content (AvgIpc) is 2.83. The highest BCUT2D eigenvalue weighted by molar-refractivity contribution is 7.99. The van der Waals surface area contributed by atoms with Crippen LogP contribution in [0.15, 0.2) is 17.0 Å². The number of nitrogens with zero attached hydrogens (tertiary/aromatic N) is 3. The van der Waals surface area contributed by atoms with Gasteiger partial charge >= 0.3 is 6.18 Å². The molecule has 0 N–H and O–H groups in total. The van der Waals surface area contributed by atoms with Gasteiger partial charge in [-0.15, -0.1) is 11.8 Å². The van der Waals surface area contributed by atoms with Crippen LogP contribution in [0.25, 0.3) is 11.0 Å². The van der Waals surface area contributed by atoms with E-state index in [1.165, 1.54) is 37.0 Å². The fourth-order valence-corrected chi connectivity index (χ4v) is 3.15. The third-order valence-electron chi connectivity index (χ3n) is 3.51. The standard InChI is InChI=1S/C15H18F3N3O2S/c1-5-24-13-7-11-10(19-14(21(11)3)15(16,17)18)6-9(13)12(22)8-20(2)23-4/h6-7H,5,8H2,1-4H3. The van der Waals surface area contributed by atoms with Crippen molar-refractivity contribution in [3.05, 3.63) is 23.5 Å². The van der Waals surface area contributed by atoms with Crippen molar-refractivity contribution < 1.29 is 22.8 Å². The molecule has 0 amide bonds.